The highest BCUT2D eigenvalue weighted by Gasteiger charge is 2.20. The number of hydrogen-bond donors (Lipinski definition) is 2. The fraction of sp³-hybridized carbons (Fsp3) is 0.625. The predicted molar refractivity (Wildman–Crippen MR) is 81.8 cm³/mol. The van der Waals surface area contributed by atoms with Crippen molar-refractivity contribution < 1.29 is 9.18 Å². The molecule has 1 saturated carbocycles. The summed E-state index contributed by atoms with van der Waals surface area (Å²) in [5.74, 6) is 0.952. The molecule has 1 aromatic heterocycles. The molecule has 1 aliphatic carbocycles. The van der Waals surface area contributed by atoms with Crippen LogP contribution >= 0.6 is 0 Å². The van der Waals surface area contributed by atoms with Crippen LogP contribution in [0.15, 0.2) is 12.3 Å². The first-order valence-corrected chi connectivity index (χ1v) is 7.77. The summed E-state index contributed by atoms with van der Waals surface area (Å²) in [6, 6.07) is 1.24. The van der Waals surface area contributed by atoms with Crippen molar-refractivity contribution >= 4 is 11.7 Å². The summed E-state index contributed by atoms with van der Waals surface area (Å²) >= 11 is 0. The van der Waals surface area contributed by atoms with E-state index in [-0.39, 0.29) is 11.5 Å². The van der Waals surface area contributed by atoms with E-state index in [1.54, 1.807) is 0 Å². The molecule has 0 spiro atoms. The number of nitrogens with zero attached hydrogens (tertiary/aromatic N) is 1. The third-order valence-electron chi connectivity index (χ3n) is 4.04. The van der Waals surface area contributed by atoms with E-state index in [0.717, 1.165) is 25.0 Å². The van der Waals surface area contributed by atoms with E-state index in [4.69, 9.17) is 0 Å². The third-order valence-corrected chi connectivity index (χ3v) is 4.04. The highest BCUT2D eigenvalue weighted by Crippen LogP contribution is 2.28. The molecule has 1 fully saturated rings. The molecule has 0 aliphatic heterocycles. The van der Waals surface area contributed by atoms with E-state index < -0.39 is 5.82 Å². The Morgan fingerprint density at radius 1 is 1.48 bits per heavy atom. The molecule has 0 aromatic carbocycles. The lowest BCUT2D eigenvalue weighted by Crippen LogP contribution is -2.32. The molecule has 1 aliphatic rings. The summed E-state index contributed by atoms with van der Waals surface area (Å²) in [5.41, 5.74) is 0.278. The Labute approximate surface area is 125 Å². The molecule has 0 radical (unpaired) electrons. The van der Waals surface area contributed by atoms with Gasteiger partial charge in [-0.1, -0.05) is 19.8 Å². The largest absolute Gasteiger partial charge is 0.370 e. The first-order valence-electron chi connectivity index (χ1n) is 7.77. The second-order valence-electron chi connectivity index (χ2n) is 5.93. The van der Waals surface area contributed by atoms with Crippen molar-refractivity contribution in [1.82, 2.24) is 10.3 Å². The fourth-order valence-corrected chi connectivity index (χ4v) is 3.00. The molecule has 5 heteroatoms. The van der Waals surface area contributed by atoms with Crippen LogP contribution < -0.4 is 10.6 Å². The number of carbonyl (C=O) groups is 1. The molecular formula is C16H24FN3O. The lowest BCUT2D eigenvalue weighted by atomic mass is 9.82. The number of carbonyl (C=O) groups excluding carboxylic acids is 1. The molecule has 2 unspecified atom stereocenters. The quantitative estimate of drug-likeness (QED) is 0.876. The molecule has 0 bridgehead atoms. The first kappa shape index (κ1) is 15.7. The highest BCUT2D eigenvalue weighted by molar-refractivity contribution is 5.98. The first-order chi connectivity index (χ1) is 10.1. The molecule has 2 rings (SSSR count). The van der Waals surface area contributed by atoms with Gasteiger partial charge in [0.2, 0.25) is 0 Å². The molecule has 1 amide bonds. The maximum atomic E-state index is 13.3. The minimum absolute atomic E-state index is 0.254. The number of pyridine rings is 1. The van der Waals surface area contributed by atoms with Crippen LogP contribution in [-0.4, -0.2) is 24.0 Å². The summed E-state index contributed by atoms with van der Waals surface area (Å²) in [4.78, 5) is 16.2. The van der Waals surface area contributed by atoms with E-state index in [1.807, 2.05) is 6.92 Å². The van der Waals surface area contributed by atoms with Gasteiger partial charge in [-0.15, -0.1) is 0 Å². The van der Waals surface area contributed by atoms with Crippen molar-refractivity contribution in [3.05, 3.63) is 23.6 Å². The maximum absolute atomic E-state index is 13.3. The Kier molecular flexibility index (Phi) is 5.53. The van der Waals surface area contributed by atoms with Gasteiger partial charge in [0.1, 0.15) is 11.6 Å². The van der Waals surface area contributed by atoms with Gasteiger partial charge in [-0.3, -0.25) is 4.79 Å². The Balaban J connectivity index is 1.97. The monoisotopic (exact) mass is 293 g/mol. The minimum Gasteiger partial charge on any atom is -0.370 e. The number of nitrogens with one attached hydrogen (secondary N) is 2. The Morgan fingerprint density at radius 2 is 2.29 bits per heavy atom. The van der Waals surface area contributed by atoms with Gasteiger partial charge >= 0.3 is 0 Å². The zero-order valence-corrected chi connectivity index (χ0v) is 12.8. The van der Waals surface area contributed by atoms with Gasteiger partial charge in [0.25, 0.3) is 5.91 Å². The second kappa shape index (κ2) is 7.38. The van der Waals surface area contributed by atoms with E-state index in [0.29, 0.717) is 24.8 Å². The summed E-state index contributed by atoms with van der Waals surface area (Å²) in [6.07, 6.45) is 5.94. The van der Waals surface area contributed by atoms with Gasteiger partial charge in [-0.2, -0.15) is 0 Å². The van der Waals surface area contributed by atoms with Gasteiger partial charge in [0.05, 0.1) is 11.8 Å². The van der Waals surface area contributed by atoms with Crippen LogP contribution in [0.5, 0.6) is 0 Å². The van der Waals surface area contributed by atoms with E-state index in [2.05, 4.69) is 22.5 Å². The highest BCUT2D eigenvalue weighted by atomic mass is 19.1. The van der Waals surface area contributed by atoms with Gasteiger partial charge in [-0.25, -0.2) is 9.37 Å². The zero-order chi connectivity index (χ0) is 15.2. The molecule has 4 nitrogen and oxygen atoms in total. The number of amides is 1. The Morgan fingerprint density at radius 3 is 3.00 bits per heavy atom. The van der Waals surface area contributed by atoms with Crippen molar-refractivity contribution in [3.8, 4) is 0 Å². The zero-order valence-electron chi connectivity index (χ0n) is 12.8. The fourth-order valence-electron chi connectivity index (χ4n) is 3.00. The normalized spacial score (nSPS) is 21.9. The molecule has 1 heterocycles. The van der Waals surface area contributed by atoms with Gasteiger partial charge < -0.3 is 10.6 Å². The number of anilines is 1. The lowest BCUT2D eigenvalue weighted by Gasteiger charge is -2.26. The van der Waals surface area contributed by atoms with Crippen LogP contribution in [0.2, 0.25) is 0 Å². The average molecular weight is 293 g/mol. The lowest BCUT2D eigenvalue weighted by molar-refractivity contribution is 0.0940. The van der Waals surface area contributed by atoms with Gasteiger partial charge in [0.15, 0.2) is 0 Å². The molecule has 1 aromatic rings. The summed E-state index contributed by atoms with van der Waals surface area (Å²) in [5, 5.41) is 5.92. The number of aromatic nitrogens is 1. The third kappa shape index (κ3) is 4.41. The van der Waals surface area contributed by atoms with Crippen LogP contribution in [0.4, 0.5) is 10.2 Å². The van der Waals surface area contributed by atoms with Crippen molar-refractivity contribution in [3.63, 3.8) is 0 Å². The van der Waals surface area contributed by atoms with Gasteiger partial charge in [-0.05, 0) is 37.7 Å². The second-order valence-corrected chi connectivity index (χ2v) is 5.93. The molecular weight excluding hydrogens is 269 g/mol. The molecule has 21 heavy (non-hydrogen) atoms. The van der Waals surface area contributed by atoms with Crippen LogP contribution in [0.25, 0.3) is 0 Å². The predicted octanol–water partition coefficient (Wildman–Crippen LogP) is 3.21. The molecule has 2 atom stereocenters. The van der Waals surface area contributed by atoms with E-state index >= 15 is 0 Å². The van der Waals surface area contributed by atoms with E-state index in [9.17, 15) is 9.18 Å². The summed E-state index contributed by atoms with van der Waals surface area (Å²) in [6.45, 7) is 5.47. The molecule has 2 N–H and O–H groups in total. The summed E-state index contributed by atoms with van der Waals surface area (Å²) in [7, 11) is 0. The Bertz CT molecular complexity index is 492. The molecule has 116 valence electrons. The van der Waals surface area contributed by atoms with E-state index in [1.165, 1.54) is 18.9 Å². The van der Waals surface area contributed by atoms with Crippen LogP contribution in [0.3, 0.4) is 0 Å². The summed E-state index contributed by atoms with van der Waals surface area (Å²) < 4.78 is 13.3. The minimum atomic E-state index is -0.493. The smallest absolute Gasteiger partial charge is 0.255 e. The number of rotatable bonds is 5. The van der Waals surface area contributed by atoms with Crippen molar-refractivity contribution in [2.45, 2.75) is 39.5 Å². The Hall–Kier alpha value is -1.65. The SMILES string of the molecule is CCNc1ncc(F)cc1C(=O)NCC1CCCC(C)C1. The van der Waals surface area contributed by atoms with Gasteiger partial charge in [0, 0.05) is 13.1 Å². The van der Waals surface area contributed by atoms with Crippen LogP contribution in [0.1, 0.15) is 49.9 Å². The standard InChI is InChI=1S/C16H24FN3O/c1-3-18-15-14(8-13(17)10-19-15)16(21)20-9-12-6-4-5-11(2)7-12/h8,10-12H,3-7,9H2,1-2H3,(H,18,19)(H,20,21). The van der Waals surface area contributed by atoms with Crippen LogP contribution in [-0.2, 0) is 0 Å². The van der Waals surface area contributed by atoms with Crippen molar-refractivity contribution in [1.29, 1.82) is 0 Å². The van der Waals surface area contributed by atoms with Crippen molar-refractivity contribution in [2.75, 3.05) is 18.4 Å². The number of halogens is 1. The molecule has 0 saturated heterocycles. The van der Waals surface area contributed by atoms with Crippen molar-refractivity contribution in [2.24, 2.45) is 11.8 Å². The van der Waals surface area contributed by atoms with Crippen LogP contribution in [0, 0.1) is 17.7 Å². The average Bonchev–Trinajstić information content (AvgIpc) is 2.47. The maximum Gasteiger partial charge on any atom is 0.255 e. The topological polar surface area (TPSA) is 54.0 Å². The number of hydrogen-bond acceptors (Lipinski definition) is 3.